The van der Waals surface area contributed by atoms with Crippen LogP contribution in [0.4, 0.5) is 0 Å². The summed E-state index contributed by atoms with van der Waals surface area (Å²) in [6, 6.07) is 7.14. The number of carbonyl (C=O) groups is 1. The van der Waals surface area contributed by atoms with E-state index in [-0.39, 0.29) is 11.5 Å². The molecule has 0 saturated carbocycles. The topological polar surface area (TPSA) is 60.4 Å². The van der Waals surface area contributed by atoms with Gasteiger partial charge in [-0.1, -0.05) is 25.0 Å². The molecule has 1 aromatic rings. The number of para-hydroxylation sites is 1. The molecule has 0 fully saturated rings. The average Bonchev–Trinajstić information content (AvgIpc) is 2.36. The first-order chi connectivity index (χ1) is 9.40. The van der Waals surface area contributed by atoms with Gasteiger partial charge in [-0.3, -0.25) is 4.79 Å². The van der Waals surface area contributed by atoms with Crippen molar-refractivity contribution >= 4 is 25.5 Å². The van der Waals surface area contributed by atoms with Crippen LogP contribution in [-0.2, 0) is 9.05 Å². The van der Waals surface area contributed by atoms with Crippen LogP contribution in [0, 0.1) is 0 Å². The van der Waals surface area contributed by atoms with Crippen LogP contribution >= 0.6 is 10.7 Å². The third kappa shape index (κ3) is 6.91. The maximum atomic E-state index is 11.4. The minimum absolute atomic E-state index is 0.0165. The second kappa shape index (κ2) is 8.27. The van der Waals surface area contributed by atoms with Gasteiger partial charge in [-0.05, 0) is 31.9 Å². The SMILES string of the molecule is CC(=O)c1ccccc1OCCCCCCS(=O)(=O)Cl. The molecule has 0 heterocycles. The van der Waals surface area contributed by atoms with Gasteiger partial charge < -0.3 is 4.74 Å². The Kier molecular flexibility index (Phi) is 7.02. The van der Waals surface area contributed by atoms with E-state index in [9.17, 15) is 13.2 Å². The van der Waals surface area contributed by atoms with Gasteiger partial charge in [-0.2, -0.15) is 0 Å². The van der Waals surface area contributed by atoms with Crippen LogP contribution in [-0.4, -0.2) is 26.6 Å². The first-order valence-corrected chi connectivity index (χ1v) is 9.03. The van der Waals surface area contributed by atoms with E-state index in [1.807, 2.05) is 6.07 Å². The summed E-state index contributed by atoms with van der Waals surface area (Å²) in [7, 11) is 1.74. The molecule has 20 heavy (non-hydrogen) atoms. The van der Waals surface area contributed by atoms with Gasteiger partial charge in [0.15, 0.2) is 5.78 Å². The summed E-state index contributed by atoms with van der Waals surface area (Å²) in [5.74, 6) is 0.596. The van der Waals surface area contributed by atoms with Crippen LogP contribution in [0.2, 0.25) is 0 Å². The van der Waals surface area contributed by atoms with Gasteiger partial charge in [0.25, 0.3) is 0 Å². The maximum absolute atomic E-state index is 11.4. The smallest absolute Gasteiger partial charge is 0.232 e. The molecule has 0 bridgehead atoms. The highest BCUT2D eigenvalue weighted by Gasteiger charge is 2.07. The second-order valence-corrected chi connectivity index (χ2v) is 7.45. The van der Waals surface area contributed by atoms with E-state index in [0.717, 1.165) is 19.3 Å². The Balaban J connectivity index is 2.24. The zero-order chi connectivity index (χ0) is 15.0. The van der Waals surface area contributed by atoms with E-state index >= 15 is 0 Å². The highest BCUT2D eigenvalue weighted by Crippen LogP contribution is 2.18. The van der Waals surface area contributed by atoms with E-state index < -0.39 is 9.05 Å². The lowest BCUT2D eigenvalue weighted by Crippen LogP contribution is -2.03. The molecule has 1 aromatic carbocycles. The minimum atomic E-state index is -3.37. The van der Waals surface area contributed by atoms with Crippen molar-refractivity contribution in [2.45, 2.75) is 32.6 Å². The molecule has 4 nitrogen and oxygen atoms in total. The van der Waals surface area contributed by atoms with Crippen molar-refractivity contribution < 1.29 is 17.9 Å². The number of halogens is 1. The predicted molar refractivity (Wildman–Crippen MR) is 80.0 cm³/mol. The molecule has 1 rings (SSSR count). The van der Waals surface area contributed by atoms with Crippen LogP contribution in [0.25, 0.3) is 0 Å². The molecule has 0 aliphatic heterocycles. The zero-order valence-corrected chi connectivity index (χ0v) is 13.0. The Morgan fingerprint density at radius 1 is 1.15 bits per heavy atom. The molecule has 0 saturated heterocycles. The zero-order valence-electron chi connectivity index (χ0n) is 11.5. The number of unbranched alkanes of at least 4 members (excludes halogenated alkanes) is 3. The van der Waals surface area contributed by atoms with Crippen molar-refractivity contribution in [1.29, 1.82) is 0 Å². The average molecular weight is 319 g/mol. The molecule has 0 radical (unpaired) electrons. The van der Waals surface area contributed by atoms with Crippen LogP contribution in [0.5, 0.6) is 5.75 Å². The fourth-order valence-corrected chi connectivity index (χ4v) is 2.67. The van der Waals surface area contributed by atoms with Gasteiger partial charge >= 0.3 is 0 Å². The summed E-state index contributed by atoms with van der Waals surface area (Å²) in [4.78, 5) is 11.4. The number of hydrogen-bond acceptors (Lipinski definition) is 4. The summed E-state index contributed by atoms with van der Waals surface area (Å²) in [5.41, 5.74) is 0.584. The van der Waals surface area contributed by atoms with Gasteiger partial charge in [-0.25, -0.2) is 8.42 Å². The van der Waals surface area contributed by atoms with Crippen molar-refractivity contribution in [3.05, 3.63) is 29.8 Å². The Bertz CT molecular complexity index is 540. The lowest BCUT2D eigenvalue weighted by Gasteiger charge is -2.09. The van der Waals surface area contributed by atoms with Crippen LogP contribution < -0.4 is 4.74 Å². The lowest BCUT2D eigenvalue weighted by atomic mass is 10.1. The summed E-state index contributed by atoms with van der Waals surface area (Å²) in [5, 5.41) is 0. The number of ketones is 1. The van der Waals surface area contributed by atoms with E-state index in [1.165, 1.54) is 6.92 Å². The fourth-order valence-electron chi connectivity index (χ4n) is 1.80. The minimum Gasteiger partial charge on any atom is -0.493 e. The summed E-state index contributed by atoms with van der Waals surface area (Å²) < 4.78 is 27.0. The Morgan fingerprint density at radius 2 is 1.80 bits per heavy atom. The normalized spacial score (nSPS) is 11.3. The molecular weight excluding hydrogens is 300 g/mol. The van der Waals surface area contributed by atoms with Crippen molar-refractivity contribution in [1.82, 2.24) is 0 Å². The summed E-state index contributed by atoms with van der Waals surface area (Å²) >= 11 is 0. The largest absolute Gasteiger partial charge is 0.493 e. The molecule has 0 atom stereocenters. The van der Waals surface area contributed by atoms with Gasteiger partial charge in [0.1, 0.15) is 5.75 Å². The van der Waals surface area contributed by atoms with E-state index in [0.29, 0.717) is 24.3 Å². The van der Waals surface area contributed by atoms with Gasteiger partial charge in [0.05, 0.1) is 17.9 Å². The highest BCUT2D eigenvalue weighted by molar-refractivity contribution is 8.13. The van der Waals surface area contributed by atoms with Crippen molar-refractivity contribution in [3.8, 4) is 5.75 Å². The monoisotopic (exact) mass is 318 g/mol. The molecule has 0 aliphatic rings. The first kappa shape index (κ1) is 17.0. The van der Waals surface area contributed by atoms with Crippen LogP contribution in [0.15, 0.2) is 24.3 Å². The maximum Gasteiger partial charge on any atom is 0.232 e. The van der Waals surface area contributed by atoms with Gasteiger partial charge in [0.2, 0.25) is 9.05 Å². The first-order valence-electron chi connectivity index (χ1n) is 6.55. The Labute approximate surface area is 124 Å². The molecule has 0 amide bonds. The van der Waals surface area contributed by atoms with E-state index in [1.54, 1.807) is 18.2 Å². The third-order valence-electron chi connectivity index (χ3n) is 2.81. The van der Waals surface area contributed by atoms with E-state index in [4.69, 9.17) is 15.4 Å². The number of Topliss-reactive ketones (excluding diaryl/α,β-unsaturated/α-hetero) is 1. The quantitative estimate of drug-likeness (QED) is 0.398. The van der Waals surface area contributed by atoms with Crippen LogP contribution in [0.1, 0.15) is 43.0 Å². The Morgan fingerprint density at radius 3 is 2.45 bits per heavy atom. The number of benzene rings is 1. The van der Waals surface area contributed by atoms with Crippen molar-refractivity contribution in [2.75, 3.05) is 12.4 Å². The number of hydrogen-bond donors (Lipinski definition) is 0. The van der Waals surface area contributed by atoms with Gasteiger partial charge in [-0.15, -0.1) is 0 Å². The summed E-state index contributed by atoms with van der Waals surface area (Å²) in [6.07, 6.45) is 3.04. The third-order valence-corrected chi connectivity index (χ3v) is 4.05. The second-order valence-electron chi connectivity index (χ2n) is 4.56. The standard InChI is InChI=1S/C14H19ClO4S/c1-12(16)13-8-4-5-9-14(13)19-10-6-2-3-7-11-20(15,17)18/h4-5,8-9H,2-3,6-7,10-11H2,1H3. The molecule has 0 N–H and O–H groups in total. The van der Waals surface area contributed by atoms with Crippen molar-refractivity contribution in [2.24, 2.45) is 0 Å². The lowest BCUT2D eigenvalue weighted by molar-refractivity contribution is 0.101. The highest BCUT2D eigenvalue weighted by atomic mass is 35.7. The number of ether oxygens (including phenoxy) is 1. The molecule has 0 spiro atoms. The summed E-state index contributed by atoms with van der Waals surface area (Å²) in [6.45, 7) is 2.02. The van der Waals surface area contributed by atoms with E-state index in [2.05, 4.69) is 0 Å². The van der Waals surface area contributed by atoms with Crippen molar-refractivity contribution in [3.63, 3.8) is 0 Å². The van der Waals surface area contributed by atoms with Gasteiger partial charge in [0, 0.05) is 10.7 Å². The molecule has 112 valence electrons. The molecule has 0 aliphatic carbocycles. The Hall–Kier alpha value is -1.07. The molecular formula is C14H19ClO4S. The van der Waals surface area contributed by atoms with Crippen LogP contribution in [0.3, 0.4) is 0 Å². The predicted octanol–water partition coefficient (Wildman–Crippen LogP) is 3.40. The molecule has 0 unspecified atom stereocenters. The molecule has 0 aromatic heterocycles. The number of rotatable bonds is 9. The number of carbonyl (C=O) groups excluding carboxylic acids is 1. The molecule has 6 heteroatoms. The fraction of sp³-hybridized carbons (Fsp3) is 0.500.